The van der Waals surface area contributed by atoms with Crippen molar-refractivity contribution in [1.29, 1.82) is 0 Å². The Hall–Kier alpha value is -2.10. The van der Waals surface area contributed by atoms with Crippen LogP contribution in [-0.4, -0.2) is 25.8 Å². The van der Waals surface area contributed by atoms with Crippen molar-refractivity contribution in [2.24, 2.45) is 0 Å². The fraction of sp³-hybridized carbons (Fsp3) is 0.167. The highest BCUT2D eigenvalue weighted by Crippen LogP contribution is 2.29. The normalized spacial score (nSPS) is 14.2. The van der Waals surface area contributed by atoms with E-state index in [1.54, 1.807) is 24.3 Å². The lowest BCUT2D eigenvalue weighted by atomic mass is 9.93. The Morgan fingerprint density at radius 1 is 1.00 bits per heavy atom. The highest BCUT2D eigenvalue weighted by atomic mass is 16.5. The van der Waals surface area contributed by atoms with E-state index in [-0.39, 0.29) is 5.76 Å². The smallest absolute Gasteiger partial charge is 0.268 e. The van der Waals surface area contributed by atoms with Crippen molar-refractivity contribution in [3.8, 4) is 5.75 Å². The molecule has 0 atom stereocenters. The Labute approximate surface area is 92.5 Å². The lowest BCUT2D eigenvalue weighted by molar-refractivity contribution is -0.114. The predicted octanol–water partition coefficient (Wildman–Crippen LogP) is 1.45. The minimum absolute atomic E-state index is 0.0609. The van der Waals surface area contributed by atoms with E-state index in [9.17, 15) is 9.59 Å². The Morgan fingerprint density at radius 2 is 1.75 bits per heavy atom. The molecule has 0 N–H and O–H groups in total. The van der Waals surface area contributed by atoms with Gasteiger partial charge in [-0.05, 0) is 17.7 Å². The van der Waals surface area contributed by atoms with E-state index in [0.717, 1.165) is 0 Å². The minimum Gasteiger partial charge on any atom is -0.496 e. The van der Waals surface area contributed by atoms with Crippen molar-refractivity contribution >= 4 is 17.6 Å². The van der Waals surface area contributed by atoms with Gasteiger partial charge in [-0.3, -0.25) is 9.59 Å². The number of allylic oxidation sites excluding steroid dienone is 1. The molecule has 1 aliphatic carbocycles. The molecule has 0 aromatic heterocycles. The van der Waals surface area contributed by atoms with E-state index in [4.69, 9.17) is 9.47 Å². The summed E-state index contributed by atoms with van der Waals surface area (Å²) in [7, 11) is 2.82. The van der Waals surface area contributed by atoms with Crippen LogP contribution >= 0.6 is 0 Å². The molecular weight excluding hydrogens is 208 g/mol. The summed E-state index contributed by atoms with van der Waals surface area (Å²) in [4.78, 5) is 23.4. The van der Waals surface area contributed by atoms with E-state index >= 15 is 0 Å². The van der Waals surface area contributed by atoms with Crippen molar-refractivity contribution < 1.29 is 19.1 Å². The summed E-state index contributed by atoms with van der Waals surface area (Å²) in [6.07, 6.45) is 1.54. The third-order valence-electron chi connectivity index (χ3n) is 2.44. The number of Topliss-reactive ketones (excluding diaryl/α,β-unsaturated/α-hetero) is 2. The summed E-state index contributed by atoms with van der Waals surface area (Å²) in [5, 5.41) is 0. The highest BCUT2D eigenvalue weighted by molar-refractivity contribution is 6.51. The van der Waals surface area contributed by atoms with Gasteiger partial charge in [0.2, 0.25) is 5.78 Å². The van der Waals surface area contributed by atoms with Crippen LogP contribution in [0.15, 0.2) is 24.0 Å². The molecule has 0 saturated heterocycles. The monoisotopic (exact) mass is 218 g/mol. The van der Waals surface area contributed by atoms with Crippen LogP contribution in [0.25, 0.3) is 6.08 Å². The second kappa shape index (κ2) is 3.81. The number of hydrogen-bond acceptors (Lipinski definition) is 4. The third-order valence-corrected chi connectivity index (χ3v) is 2.44. The van der Waals surface area contributed by atoms with E-state index < -0.39 is 11.6 Å². The van der Waals surface area contributed by atoms with Gasteiger partial charge in [0.05, 0.1) is 19.8 Å². The van der Waals surface area contributed by atoms with Crippen LogP contribution in [0.5, 0.6) is 5.75 Å². The number of methoxy groups -OCH3 is 2. The molecule has 0 amide bonds. The first-order chi connectivity index (χ1) is 7.69. The highest BCUT2D eigenvalue weighted by Gasteiger charge is 2.30. The van der Waals surface area contributed by atoms with Gasteiger partial charge in [-0.2, -0.15) is 0 Å². The molecule has 0 unspecified atom stereocenters. The number of ketones is 2. The van der Waals surface area contributed by atoms with Crippen LogP contribution in [0.1, 0.15) is 15.9 Å². The number of fused-ring (bicyclic) bond motifs is 1. The second-order valence-corrected chi connectivity index (χ2v) is 3.30. The average Bonchev–Trinajstić information content (AvgIpc) is 2.32. The molecule has 1 aromatic rings. The van der Waals surface area contributed by atoms with E-state index in [1.165, 1.54) is 14.2 Å². The third kappa shape index (κ3) is 1.39. The van der Waals surface area contributed by atoms with Crippen molar-refractivity contribution in [3.05, 3.63) is 35.1 Å². The number of carbonyl (C=O) groups excluding carboxylic acids is 2. The van der Waals surface area contributed by atoms with Crippen molar-refractivity contribution in [1.82, 2.24) is 0 Å². The van der Waals surface area contributed by atoms with Crippen LogP contribution in [0.3, 0.4) is 0 Å². The van der Waals surface area contributed by atoms with Crippen LogP contribution in [0.4, 0.5) is 0 Å². The first-order valence-corrected chi connectivity index (χ1v) is 4.70. The van der Waals surface area contributed by atoms with Gasteiger partial charge in [0, 0.05) is 0 Å². The van der Waals surface area contributed by atoms with E-state index in [2.05, 4.69) is 0 Å². The molecule has 0 heterocycles. The summed E-state index contributed by atoms with van der Waals surface area (Å²) < 4.78 is 9.91. The molecule has 0 radical (unpaired) electrons. The Kier molecular flexibility index (Phi) is 2.48. The van der Waals surface area contributed by atoms with Gasteiger partial charge in [-0.1, -0.05) is 12.1 Å². The van der Waals surface area contributed by atoms with Crippen molar-refractivity contribution in [3.63, 3.8) is 0 Å². The largest absolute Gasteiger partial charge is 0.496 e. The first-order valence-electron chi connectivity index (χ1n) is 4.70. The molecular formula is C12H10O4. The van der Waals surface area contributed by atoms with Gasteiger partial charge in [-0.15, -0.1) is 0 Å². The van der Waals surface area contributed by atoms with Crippen LogP contribution in [0, 0.1) is 0 Å². The first kappa shape index (κ1) is 10.4. The second-order valence-electron chi connectivity index (χ2n) is 3.30. The van der Waals surface area contributed by atoms with Crippen LogP contribution in [-0.2, 0) is 9.53 Å². The van der Waals surface area contributed by atoms with Gasteiger partial charge >= 0.3 is 0 Å². The summed E-state index contributed by atoms with van der Waals surface area (Å²) in [6, 6.07) is 5.14. The predicted molar refractivity (Wildman–Crippen MR) is 57.3 cm³/mol. The maximum absolute atomic E-state index is 11.8. The molecule has 16 heavy (non-hydrogen) atoms. The van der Waals surface area contributed by atoms with Gasteiger partial charge in [0.25, 0.3) is 5.78 Å². The molecule has 1 aromatic carbocycles. The molecule has 0 fully saturated rings. The Morgan fingerprint density at radius 3 is 2.38 bits per heavy atom. The Balaban J connectivity index is 2.67. The summed E-state index contributed by atoms with van der Waals surface area (Å²) in [5.74, 6) is -0.765. The summed E-state index contributed by atoms with van der Waals surface area (Å²) >= 11 is 0. The van der Waals surface area contributed by atoms with Crippen molar-refractivity contribution in [2.75, 3.05) is 14.2 Å². The fourth-order valence-corrected chi connectivity index (χ4v) is 1.67. The Bertz CT molecular complexity index is 500. The molecule has 0 saturated carbocycles. The number of rotatable bonds is 2. The molecule has 0 aliphatic heterocycles. The topological polar surface area (TPSA) is 52.6 Å². The molecule has 82 valence electrons. The fourth-order valence-electron chi connectivity index (χ4n) is 1.67. The zero-order valence-electron chi connectivity index (χ0n) is 8.94. The maximum Gasteiger partial charge on any atom is 0.268 e. The minimum atomic E-state index is -0.639. The van der Waals surface area contributed by atoms with Gasteiger partial charge in [0.15, 0.2) is 5.76 Å². The lowest BCUT2D eigenvalue weighted by Crippen LogP contribution is -2.22. The zero-order chi connectivity index (χ0) is 11.7. The molecule has 4 nitrogen and oxygen atoms in total. The standard InChI is InChI=1S/C12H10O4/c1-15-8-5-3-4-7-6-9(16-2)11(13)12(14)10(7)8/h3-6H,1-2H3. The molecule has 0 bridgehead atoms. The average molecular weight is 218 g/mol. The summed E-state index contributed by atoms with van der Waals surface area (Å²) in [5.41, 5.74) is 0.941. The lowest BCUT2D eigenvalue weighted by Gasteiger charge is -2.15. The van der Waals surface area contributed by atoms with Gasteiger partial charge in [-0.25, -0.2) is 0 Å². The number of benzene rings is 1. The van der Waals surface area contributed by atoms with Gasteiger partial charge in [0.1, 0.15) is 5.75 Å². The van der Waals surface area contributed by atoms with Gasteiger partial charge < -0.3 is 9.47 Å². The van der Waals surface area contributed by atoms with E-state index in [1.807, 2.05) is 0 Å². The molecule has 1 aliphatic rings. The van der Waals surface area contributed by atoms with Crippen molar-refractivity contribution in [2.45, 2.75) is 0 Å². The van der Waals surface area contributed by atoms with E-state index in [0.29, 0.717) is 16.9 Å². The molecule has 0 spiro atoms. The number of carbonyl (C=O) groups is 2. The number of ether oxygens (including phenoxy) is 2. The van der Waals surface area contributed by atoms with Crippen LogP contribution in [0.2, 0.25) is 0 Å². The quantitative estimate of drug-likeness (QED) is 0.705. The molecule has 4 heteroatoms. The summed E-state index contributed by atoms with van der Waals surface area (Å²) in [6.45, 7) is 0. The zero-order valence-corrected chi connectivity index (χ0v) is 8.94. The number of hydrogen-bond donors (Lipinski definition) is 0. The molecule has 2 rings (SSSR count). The SMILES string of the molecule is COC1=Cc2cccc(OC)c2C(=O)C1=O. The van der Waals surface area contributed by atoms with Crippen LogP contribution < -0.4 is 4.74 Å². The maximum atomic E-state index is 11.8.